The Kier molecular flexibility index (Phi) is 5.05. The minimum absolute atomic E-state index is 0.0285. The van der Waals surface area contributed by atoms with E-state index in [4.69, 9.17) is 10.5 Å². The van der Waals surface area contributed by atoms with Gasteiger partial charge in [-0.25, -0.2) is 0 Å². The Morgan fingerprint density at radius 2 is 1.95 bits per heavy atom. The van der Waals surface area contributed by atoms with E-state index in [1.165, 1.54) is 6.07 Å². The number of carbonyl (C=O) groups excluding carboxylic acids is 1. The second kappa shape index (κ2) is 6.99. The van der Waals surface area contributed by atoms with Crippen LogP contribution in [0, 0.1) is 0 Å². The quantitative estimate of drug-likeness (QED) is 0.571. The van der Waals surface area contributed by atoms with E-state index in [1.807, 2.05) is 0 Å². The van der Waals surface area contributed by atoms with Crippen molar-refractivity contribution in [3.05, 3.63) is 52.5 Å². The number of amides is 1. The molecule has 0 aliphatic heterocycles. The van der Waals surface area contributed by atoms with Crippen LogP contribution in [-0.4, -0.2) is 24.2 Å². The highest BCUT2D eigenvalue weighted by Crippen LogP contribution is 2.24. The molecule has 0 radical (unpaired) electrons. The molecule has 0 spiro atoms. The van der Waals surface area contributed by atoms with Gasteiger partial charge in [0, 0.05) is 11.3 Å². The molecule has 0 saturated carbocycles. The van der Waals surface area contributed by atoms with Crippen molar-refractivity contribution in [1.82, 2.24) is 5.32 Å². The van der Waals surface area contributed by atoms with E-state index in [9.17, 15) is 9.90 Å². The standard InChI is InChI=1S/C15H15BrN2O3/c16-13-6-1-10(9-14(13)19)15(20)18-7-8-21-12-4-2-11(17)3-5-12/h1-6,9,19H,7-8,17H2,(H,18,20). The van der Waals surface area contributed by atoms with Crippen LogP contribution in [0.5, 0.6) is 11.5 Å². The predicted octanol–water partition coefficient (Wildman–Crippen LogP) is 2.55. The smallest absolute Gasteiger partial charge is 0.251 e. The number of hydrogen-bond acceptors (Lipinski definition) is 4. The van der Waals surface area contributed by atoms with Gasteiger partial charge >= 0.3 is 0 Å². The van der Waals surface area contributed by atoms with E-state index in [-0.39, 0.29) is 11.7 Å². The number of nitrogen functional groups attached to an aromatic ring is 1. The zero-order valence-corrected chi connectivity index (χ0v) is 12.8. The number of benzene rings is 2. The Balaban J connectivity index is 1.79. The summed E-state index contributed by atoms with van der Waals surface area (Å²) in [5.41, 5.74) is 6.64. The molecule has 1 amide bonds. The minimum atomic E-state index is -0.265. The van der Waals surface area contributed by atoms with E-state index >= 15 is 0 Å². The van der Waals surface area contributed by atoms with Crippen molar-refractivity contribution in [3.8, 4) is 11.5 Å². The average Bonchev–Trinajstić information content (AvgIpc) is 2.48. The molecule has 2 aromatic rings. The lowest BCUT2D eigenvalue weighted by Gasteiger charge is -2.08. The molecular formula is C15H15BrN2O3. The maximum Gasteiger partial charge on any atom is 0.251 e. The first-order chi connectivity index (χ1) is 10.1. The normalized spacial score (nSPS) is 10.1. The summed E-state index contributed by atoms with van der Waals surface area (Å²) in [6.07, 6.45) is 0. The minimum Gasteiger partial charge on any atom is -0.507 e. The SMILES string of the molecule is Nc1ccc(OCCNC(=O)c2ccc(Br)c(O)c2)cc1. The van der Waals surface area contributed by atoms with Gasteiger partial charge in [-0.15, -0.1) is 0 Å². The van der Waals surface area contributed by atoms with Gasteiger partial charge in [0.1, 0.15) is 18.1 Å². The van der Waals surface area contributed by atoms with Crippen LogP contribution in [0.15, 0.2) is 46.9 Å². The molecule has 0 unspecified atom stereocenters. The number of aromatic hydroxyl groups is 1. The van der Waals surface area contributed by atoms with Crippen molar-refractivity contribution in [2.24, 2.45) is 0 Å². The second-order valence-corrected chi connectivity index (χ2v) is 5.19. The van der Waals surface area contributed by atoms with E-state index in [1.54, 1.807) is 36.4 Å². The number of nitrogens with two attached hydrogens (primary N) is 1. The van der Waals surface area contributed by atoms with Gasteiger partial charge in [-0.3, -0.25) is 4.79 Å². The zero-order valence-electron chi connectivity index (χ0n) is 11.2. The molecule has 0 aliphatic carbocycles. The van der Waals surface area contributed by atoms with Crippen LogP contribution < -0.4 is 15.8 Å². The second-order valence-electron chi connectivity index (χ2n) is 4.34. The molecule has 0 aliphatic rings. The number of nitrogens with one attached hydrogen (secondary N) is 1. The highest BCUT2D eigenvalue weighted by atomic mass is 79.9. The molecule has 21 heavy (non-hydrogen) atoms. The molecular weight excluding hydrogens is 336 g/mol. The Hall–Kier alpha value is -2.21. The first-order valence-electron chi connectivity index (χ1n) is 6.31. The number of rotatable bonds is 5. The molecule has 5 nitrogen and oxygen atoms in total. The van der Waals surface area contributed by atoms with Crippen molar-refractivity contribution in [1.29, 1.82) is 0 Å². The molecule has 6 heteroatoms. The fourth-order valence-electron chi connectivity index (χ4n) is 1.65. The topological polar surface area (TPSA) is 84.6 Å². The first-order valence-corrected chi connectivity index (χ1v) is 7.10. The Morgan fingerprint density at radius 1 is 1.24 bits per heavy atom. The predicted molar refractivity (Wildman–Crippen MR) is 84.5 cm³/mol. The Morgan fingerprint density at radius 3 is 2.62 bits per heavy atom. The maximum absolute atomic E-state index is 11.9. The summed E-state index contributed by atoms with van der Waals surface area (Å²) >= 11 is 3.16. The van der Waals surface area contributed by atoms with Gasteiger partial charge in [0.05, 0.1) is 11.0 Å². The van der Waals surface area contributed by atoms with Gasteiger partial charge in [-0.2, -0.15) is 0 Å². The third-order valence-electron chi connectivity index (χ3n) is 2.74. The van der Waals surface area contributed by atoms with Crippen LogP contribution in [0.2, 0.25) is 0 Å². The van der Waals surface area contributed by atoms with E-state index in [2.05, 4.69) is 21.2 Å². The van der Waals surface area contributed by atoms with Gasteiger partial charge in [0.2, 0.25) is 0 Å². The molecule has 0 bridgehead atoms. The summed E-state index contributed by atoms with van der Waals surface area (Å²) in [7, 11) is 0. The lowest BCUT2D eigenvalue weighted by Crippen LogP contribution is -2.28. The van der Waals surface area contributed by atoms with Crippen LogP contribution in [0.1, 0.15) is 10.4 Å². The van der Waals surface area contributed by atoms with E-state index in [0.29, 0.717) is 34.6 Å². The molecule has 0 aromatic heterocycles. The molecule has 0 heterocycles. The molecule has 0 saturated heterocycles. The average molecular weight is 351 g/mol. The summed E-state index contributed by atoms with van der Waals surface area (Å²) in [5, 5.41) is 12.2. The fourth-order valence-corrected chi connectivity index (χ4v) is 1.90. The molecule has 0 atom stereocenters. The van der Waals surface area contributed by atoms with Crippen LogP contribution in [0.25, 0.3) is 0 Å². The zero-order chi connectivity index (χ0) is 15.2. The van der Waals surface area contributed by atoms with E-state index in [0.717, 1.165) is 0 Å². The van der Waals surface area contributed by atoms with Crippen LogP contribution in [-0.2, 0) is 0 Å². The highest BCUT2D eigenvalue weighted by molar-refractivity contribution is 9.10. The number of phenolic OH excluding ortho intramolecular Hbond substituents is 1. The summed E-state index contributed by atoms with van der Waals surface area (Å²) in [6.45, 7) is 0.707. The van der Waals surface area contributed by atoms with Gasteiger partial charge in [0.15, 0.2) is 0 Å². The third-order valence-corrected chi connectivity index (χ3v) is 3.42. The molecule has 2 aromatic carbocycles. The first kappa shape index (κ1) is 15.2. The van der Waals surface area contributed by atoms with Crippen LogP contribution in [0.4, 0.5) is 5.69 Å². The lowest BCUT2D eigenvalue weighted by molar-refractivity contribution is 0.0946. The Labute approximate surface area is 130 Å². The number of halogens is 1. The largest absolute Gasteiger partial charge is 0.507 e. The number of hydrogen-bond donors (Lipinski definition) is 3. The number of anilines is 1. The van der Waals surface area contributed by atoms with Crippen molar-refractivity contribution in [2.75, 3.05) is 18.9 Å². The highest BCUT2D eigenvalue weighted by Gasteiger charge is 2.07. The van der Waals surface area contributed by atoms with Crippen LogP contribution >= 0.6 is 15.9 Å². The summed E-state index contributed by atoms with van der Waals surface area (Å²) in [5.74, 6) is 0.458. The van der Waals surface area contributed by atoms with Crippen molar-refractivity contribution in [2.45, 2.75) is 0 Å². The van der Waals surface area contributed by atoms with Crippen LogP contribution in [0.3, 0.4) is 0 Å². The Bertz CT molecular complexity index is 629. The molecule has 0 fully saturated rings. The molecule has 4 N–H and O–H groups in total. The lowest BCUT2D eigenvalue weighted by atomic mass is 10.2. The number of carbonyl (C=O) groups is 1. The summed E-state index contributed by atoms with van der Waals surface area (Å²) in [4.78, 5) is 11.9. The fraction of sp³-hybridized carbons (Fsp3) is 0.133. The maximum atomic E-state index is 11.9. The molecule has 110 valence electrons. The van der Waals surface area contributed by atoms with Gasteiger partial charge in [0.25, 0.3) is 5.91 Å². The molecule has 2 rings (SSSR count). The number of ether oxygens (including phenoxy) is 1. The van der Waals surface area contributed by atoms with E-state index < -0.39 is 0 Å². The number of phenols is 1. The summed E-state index contributed by atoms with van der Waals surface area (Å²) in [6, 6.07) is 11.7. The monoisotopic (exact) mass is 350 g/mol. The van der Waals surface area contributed by atoms with Gasteiger partial charge in [-0.05, 0) is 58.4 Å². The van der Waals surface area contributed by atoms with Crippen molar-refractivity contribution >= 4 is 27.5 Å². The van der Waals surface area contributed by atoms with Crippen molar-refractivity contribution < 1.29 is 14.6 Å². The van der Waals surface area contributed by atoms with Crippen molar-refractivity contribution in [3.63, 3.8) is 0 Å². The third kappa shape index (κ3) is 4.39. The van der Waals surface area contributed by atoms with Gasteiger partial charge < -0.3 is 20.9 Å². The summed E-state index contributed by atoms with van der Waals surface area (Å²) < 4.78 is 6.01. The van der Waals surface area contributed by atoms with Gasteiger partial charge in [-0.1, -0.05) is 0 Å².